The second kappa shape index (κ2) is 10.2. The molecule has 2 aromatic carbocycles. The van der Waals surface area contributed by atoms with E-state index in [9.17, 15) is 14.4 Å². The van der Waals surface area contributed by atoms with E-state index >= 15 is 0 Å². The molecule has 0 saturated heterocycles. The minimum atomic E-state index is -0.536. The van der Waals surface area contributed by atoms with Crippen LogP contribution in [0, 0.1) is 0 Å². The summed E-state index contributed by atoms with van der Waals surface area (Å²) in [6.45, 7) is 0. The van der Waals surface area contributed by atoms with E-state index in [0.717, 1.165) is 16.3 Å². The summed E-state index contributed by atoms with van der Waals surface area (Å²) in [5.74, 6) is 1.79. The van der Waals surface area contributed by atoms with Crippen LogP contribution in [0.3, 0.4) is 0 Å². The first-order valence-electron chi connectivity index (χ1n) is 10.8. The average Bonchev–Trinajstić information content (AvgIpc) is 2.92. The molecule has 2 aromatic heterocycles. The van der Waals surface area contributed by atoms with Crippen LogP contribution in [0.4, 0.5) is 0 Å². The lowest BCUT2D eigenvalue weighted by molar-refractivity contribution is 0.102. The van der Waals surface area contributed by atoms with E-state index in [1.807, 2.05) is 0 Å². The Morgan fingerprint density at radius 2 is 1.58 bits per heavy atom. The topological polar surface area (TPSA) is 115 Å². The molecule has 186 valence electrons. The van der Waals surface area contributed by atoms with E-state index in [4.69, 9.17) is 14.2 Å². The van der Waals surface area contributed by atoms with E-state index in [2.05, 4.69) is 9.97 Å². The number of Topliss-reactive ketones (excluding diaryl/α,β-unsaturated/α-hetero) is 1. The molecule has 0 N–H and O–H groups in total. The van der Waals surface area contributed by atoms with Crippen molar-refractivity contribution in [2.75, 3.05) is 27.1 Å². The molecule has 0 radical (unpaired) electrons. The van der Waals surface area contributed by atoms with Gasteiger partial charge in [-0.1, -0.05) is 11.8 Å². The highest BCUT2D eigenvalue weighted by Crippen LogP contribution is 2.33. The number of aromatic nitrogens is 4. The predicted octanol–water partition coefficient (Wildman–Crippen LogP) is 2.70. The van der Waals surface area contributed by atoms with Crippen molar-refractivity contribution in [3.8, 4) is 28.6 Å². The molecule has 0 aliphatic rings. The van der Waals surface area contributed by atoms with Crippen molar-refractivity contribution in [2.45, 2.75) is 5.03 Å². The maximum Gasteiger partial charge on any atom is 0.332 e. The molecule has 4 rings (SSSR count). The Morgan fingerprint density at radius 1 is 0.889 bits per heavy atom. The zero-order chi connectivity index (χ0) is 26.0. The maximum atomic E-state index is 13.1. The largest absolute Gasteiger partial charge is 0.497 e. The van der Waals surface area contributed by atoms with Crippen molar-refractivity contribution >= 4 is 28.6 Å². The standard InChI is InChI=1S/C25H24N4O6S/c1-28-22-20(24(31)29(2)25(28)32)23(36-13-17(30)14-6-9-16(33-3)10-7-14)27-21(26-22)15-8-11-18(34-4)19(12-15)35-5/h6-12H,13H2,1-5H3. The molecule has 0 fully saturated rings. The van der Waals surface area contributed by atoms with Crippen molar-refractivity contribution in [3.05, 3.63) is 68.9 Å². The zero-order valence-corrected chi connectivity index (χ0v) is 21.2. The first kappa shape index (κ1) is 25.0. The van der Waals surface area contributed by atoms with Gasteiger partial charge in [-0.15, -0.1) is 0 Å². The zero-order valence-electron chi connectivity index (χ0n) is 20.4. The van der Waals surface area contributed by atoms with Crippen molar-refractivity contribution < 1.29 is 19.0 Å². The van der Waals surface area contributed by atoms with Crippen LogP contribution in [0.25, 0.3) is 22.4 Å². The lowest BCUT2D eigenvalue weighted by Gasteiger charge is -2.13. The summed E-state index contributed by atoms with van der Waals surface area (Å²) >= 11 is 1.11. The third kappa shape index (κ3) is 4.57. The van der Waals surface area contributed by atoms with E-state index in [0.29, 0.717) is 33.4 Å². The van der Waals surface area contributed by atoms with Crippen LogP contribution in [0.15, 0.2) is 57.1 Å². The fourth-order valence-corrected chi connectivity index (χ4v) is 4.54. The van der Waals surface area contributed by atoms with Crippen LogP contribution >= 0.6 is 11.8 Å². The minimum Gasteiger partial charge on any atom is -0.497 e. The highest BCUT2D eigenvalue weighted by molar-refractivity contribution is 8.00. The Kier molecular flexibility index (Phi) is 7.11. The minimum absolute atomic E-state index is 0.0236. The van der Waals surface area contributed by atoms with Gasteiger partial charge in [0, 0.05) is 25.2 Å². The Bertz CT molecular complexity index is 1580. The normalized spacial score (nSPS) is 10.9. The summed E-state index contributed by atoms with van der Waals surface area (Å²) in [5.41, 5.74) is 0.205. The first-order chi connectivity index (χ1) is 17.3. The fourth-order valence-electron chi connectivity index (χ4n) is 3.63. The molecule has 10 nitrogen and oxygen atoms in total. The molecular formula is C25H24N4O6S. The van der Waals surface area contributed by atoms with Crippen LogP contribution < -0.4 is 25.5 Å². The molecule has 11 heteroatoms. The lowest BCUT2D eigenvalue weighted by Crippen LogP contribution is -2.37. The smallest absolute Gasteiger partial charge is 0.332 e. The van der Waals surface area contributed by atoms with E-state index in [1.54, 1.807) is 49.6 Å². The SMILES string of the molecule is COc1ccc(C(=O)CSc2nc(-c3ccc(OC)c(OC)c3)nc3c2c(=O)n(C)c(=O)n3C)cc1. The number of thioether (sulfide) groups is 1. The number of carbonyl (C=O) groups excluding carboxylic acids is 1. The van der Waals surface area contributed by atoms with Gasteiger partial charge in [-0.3, -0.25) is 18.7 Å². The van der Waals surface area contributed by atoms with Gasteiger partial charge in [0.2, 0.25) is 0 Å². The predicted molar refractivity (Wildman–Crippen MR) is 137 cm³/mol. The summed E-state index contributed by atoms with van der Waals surface area (Å²) in [6, 6.07) is 11.9. The highest BCUT2D eigenvalue weighted by Gasteiger charge is 2.20. The Hall–Kier alpha value is -4.12. The molecule has 0 aliphatic heterocycles. The number of aryl methyl sites for hydroxylation is 1. The molecular weight excluding hydrogens is 484 g/mol. The van der Waals surface area contributed by atoms with Gasteiger partial charge in [0.25, 0.3) is 5.56 Å². The molecule has 36 heavy (non-hydrogen) atoms. The van der Waals surface area contributed by atoms with E-state index in [1.165, 1.54) is 32.9 Å². The Morgan fingerprint density at radius 3 is 2.22 bits per heavy atom. The van der Waals surface area contributed by atoms with Crippen LogP contribution in [0.2, 0.25) is 0 Å². The Labute approximate surface area is 210 Å². The van der Waals surface area contributed by atoms with Crippen LogP contribution in [0.5, 0.6) is 17.2 Å². The monoisotopic (exact) mass is 508 g/mol. The summed E-state index contributed by atoms with van der Waals surface area (Å²) in [4.78, 5) is 47.7. The number of ketones is 1. The average molecular weight is 509 g/mol. The summed E-state index contributed by atoms with van der Waals surface area (Å²) in [6.07, 6.45) is 0. The van der Waals surface area contributed by atoms with Crippen LogP contribution in [-0.4, -0.2) is 52.0 Å². The van der Waals surface area contributed by atoms with Gasteiger partial charge in [0.05, 0.1) is 27.1 Å². The quantitative estimate of drug-likeness (QED) is 0.201. The molecule has 0 bridgehead atoms. The number of fused-ring (bicyclic) bond motifs is 1. The number of nitrogens with zero attached hydrogens (tertiary/aromatic N) is 4. The van der Waals surface area contributed by atoms with E-state index < -0.39 is 11.2 Å². The molecule has 0 spiro atoms. The molecule has 0 saturated carbocycles. The third-order valence-electron chi connectivity index (χ3n) is 5.66. The van der Waals surface area contributed by atoms with Gasteiger partial charge in [-0.2, -0.15) is 0 Å². The second-order valence-electron chi connectivity index (χ2n) is 7.77. The number of methoxy groups -OCH3 is 3. The number of ether oxygens (including phenoxy) is 3. The van der Waals surface area contributed by atoms with Crippen molar-refractivity contribution in [1.29, 1.82) is 0 Å². The van der Waals surface area contributed by atoms with Gasteiger partial charge < -0.3 is 14.2 Å². The number of hydrogen-bond acceptors (Lipinski definition) is 9. The van der Waals surface area contributed by atoms with Crippen molar-refractivity contribution in [3.63, 3.8) is 0 Å². The summed E-state index contributed by atoms with van der Waals surface area (Å²) < 4.78 is 18.1. The van der Waals surface area contributed by atoms with Gasteiger partial charge in [-0.05, 0) is 42.5 Å². The lowest BCUT2D eigenvalue weighted by atomic mass is 10.1. The van der Waals surface area contributed by atoms with Crippen molar-refractivity contribution in [2.24, 2.45) is 14.1 Å². The summed E-state index contributed by atoms with van der Waals surface area (Å²) in [5, 5.41) is 0.458. The summed E-state index contributed by atoms with van der Waals surface area (Å²) in [7, 11) is 7.53. The molecule has 0 aliphatic carbocycles. The number of hydrogen-bond donors (Lipinski definition) is 0. The fraction of sp³-hybridized carbons (Fsp3) is 0.240. The van der Waals surface area contributed by atoms with E-state index in [-0.39, 0.29) is 28.4 Å². The van der Waals surface area contributed by atoms with Gasteiger partial charge >= 0.3 is 5.69 Å². The number of rotatable bonds is 8. The van der Waals surface area contributed by atoms with Crippen molar-refractivity contribution in [1.82, 2.24) is 19.1 Å². The first-order valence-corrected chi connectivity index (χ1v) is 11.8. The molecule has 4 aromatic rings. The van der Waals surface area contributed by atoms with Crippen LogP contribution in [-0.2, 0) is 14.1 Å². The number of benzene rings is 2. The highest BCUT2D eigenvalue weighted by atomic mass is 32.2. The van der Waals surface area contributed by atoms with Gasteiger partial charge in [-0.25, -0.2) is 14.8 Å². The molecule has 0 amide bonds. The number of carbonyl (C=O) groups is 1. The molecule has 0 unspecified atom stereocenters. The van der Waals surface area contributed by atoms with Gasteiger partial charge in [0.1, 0.15) is 16.2 Å². The molecule has 2 heterocycles. The molecule has 0 atom stereocenters. The van der Waals surface area contributed by atoms with Crippen LogP contribution in [0.1, 0.15) is 10.4 Å². The second-order valence-corrected chi connectivity index (χ2v) is 8.73. The van der Waals surface area contributed by atoms with Gasteiger partial charge in [0.15, 0.2) is 28.8 Å². The maximum absolute atomic E-state index is 13.1. The third-order valence-corrected chi connectivity index (χ3v) is 6.64. The Balaban J connectivity index is 1.83.